The summed E-state index contributed by atoms with van der Waals surface area (Å²) in [6.45, 7) is 8.38. The van der Waals surface area contributed by atoms with Gasteiger partial charge in [-0.15, -0.1) is 24.0 Å². The SMILES string of the molecule is CCNC(=NCCc1cnn(-c2ccccc2)c1)N1CCN(C(C)=O)CC1.I. The Morgan fingerprint density at radius 3 is 2.46 bits per heavy atom. The third-order valence-corrected chi connectivity index (χ3v) is 4.68. The van der Waals surface area contributed by atoms with Crippen LogP contribution in [0.5, 0.6) is 0 Å². The zero-order valence-electron chi connectivity index (χ0n) is 16.5. The molecule has 3 rings (SSSR count). The molecule has 0 aliphatic carbocycles. The minimum absolute atomic E-state index is 0. The fourth-order valence-corrected chi connectivity index (χ4v) is 3.16. The number of aromatic nitrogens is 2. The summed E-state index contributed by atoms with van der Waals surface area (Å²) in [6, 6.07) is 10.1. The molecule has 1 aliphatic rings. The standard InChI is InChI=1S/C20H28N6O.HI/c1-3-21-20(25-13-11-24(12-14-25)17(2)27)22-10-9-18-15-23-26(16-18)19-7-5-4-6-8-19;/h4-8,15-16H,3,9-14H2,1-2H3,(H,21,22);1H. The largest absolute Gasteiger partial charge is 0.357 e. The molecular formula is C20H29IN6O. The summed E-state index contributed by atoms with van der Waals surface area (Å²) in [5.74, 6) is 1.07. The smallest absolute Gasteiger partial charge is 0.219 e. The van der Waals surface area contributed by atoms with Crippen LogP contribution in [0.25, 0.3) is 5.69 Å². The Morgan fingerprint density at radius 1 is 1.14 bits per heavy atom. The average Bonchev–Trinajstić information content (AvgIpc) is 3.17. The van der Waals surface area contributed by atoms with E-state index in [1.54, 1.807) is 6.92 Å². The lowest BCUT2D eigenvalue weighted by Crippen LogP contribution is -2.53. The molecule has 1 saturated heterocycles. The lowest BCUT2D eigenvalue weighted by Gasteiger charge is -2.36. The van der Waals surface area contributed by atoms with Crippen LogP contribution in [-0.2, 0) is 11.2 Å². The number of nitrogens with zero attached hydrogens (tertiary/aromatic N) is 5. The Bertz CT molecular complexity index is 768. The highest BCUT2D eigenvalue weighted by Crippen LogP contribution is 2.08. The van der Waals surface area contributed by atoms with Crippen LogP contribution in [-0.4, -0.2) is 70.7 Å². The lowest BCUT2D eigenvalue weighted by atomic mass is 10.2. The van der Waals surface area contributed by atoms with Crippen LogP contribution >= 0.6 is 24.0 Å². The van der Waals surface area contributed by atoms with Crippen LogP contribution in [0.3, 0.4) is 0 Å². The topological polar surface area (TPSA) is 65.8 Å². The van der Waals surface area contributed by atoms with Gasteiger partial charge in [0.05, 0.1) is 11.9 Å². The average molecular weight is 496 g/mol. The highest BCUT2D eigenvalue weighted by molar-refractivity contribution is 14.0. The van der Waals surface area contributed by atoms with Crippen molar-refractivity contribution in [2.24, 2.45) is 4.99 Å². The van der Waals surface area contributed by atoms with E-state index < -0.39 is 0 Å². The zero-order valence-corrected chi connectivity index (χ0v) is 18.9. The Morgan fingerprint density at radius 2 is 1.82 bits per heavy atom. The molecule has 0 spiro atoms. The molecule has 0 atom stereocenters. The second-order valence-corrected chi connectivity index (χ2v) is 6.61. The number of rotatable bonds is 5. The van der Waals surface area contributed by atoms with Gasteiger partial charge < -0.3 is 15.1 Å². The van der Waals surface area contributed by atoms with E-state index in [0.717, 1.165) is 50.8 Å². The number of nitrogens with one attached hydrogen (secondary N) is 1. The molecule has 1 aromatic carbocycles. The summed E-state index contributed by atoms with van der Waals surface area (Å²) in [7, 11) is 0. The van der Waals surface area contributed by atoms with Gasteiger partial charge in [0.25, 0.3) is 0 Å². The van der Waals surface area contributed by atoms with E-state index in [-0.39, 0.29) is 29.9 Å². The third-order valence-electron chi connectivity index (χ3n) is 4.68. The van der Waals surface area contributed by atoms with Crippen molar-refractivity contribution < 1.29 is 4.79 Å². The van der Waals surface area contributed by atoms with Crippen LogP contribution in [0.4, 0.5) is 0 Å². The summed E-state index contributed by atoms with van der Waals surface area (Å²) in [5.41, 5.74) is 2.23. The van der Waals surface area contributed by atoms with Gasteiger partial charge in [-0.05, 0) is 31.0 Å². The first kappa shape index (κ1) is 22.2. The summed E-state index contributed by atoms with van der Waals surface area (Å²) < 4.78 is 1.89. The van der Waals surface area contributed by atoms with Crippen molar-refractivity contribution in [1.82, 2.24) is 24.9 Å². The minimum atomic E-state index is 0. The van der Waals surface area contributed by atoms with E-state index >= 15 is 0 Å². The predicted octanol–water partition coefficient (Wildman–Crippen LogP) is 2.16. The van der Waals surface area contributed by atoms with Gasteiger partial charge in [-0.3, -0.25) is 9.79 Å². The van der Waals surface area contributed by atoms with Gasteiger partial charge >= 0.3 is 0 Å². The summed E-state index contributed by atoms with van der Waals surface area (Å²) in [6.07, 6.45) is 4.81. The maximum Gasteiger partial charge on any atom is 0.219 e. The second kappa shape index (κ2) is 11.0. The first-order valence-electron chi connectivity index (χ1n) is 9.55. The second-order valence-electron chi connectivity index (χ2n) is 6.61. The number of halogens is 1. The molecule has 1 fully saturated rings. The van der Waals surface area contributed by atoms with Crippen molar-refractivity contribution in [3.05, 3.63) is 48.3 Å². The van der Waals surface area contributed by atoms with Crippen LogP contribution in [0.2, 0.25) is 0 Å². The fraction of sp³-hybridized carbons (Fsp3) is 0.450. The molecule has 0 bridgehead atoms. The molecule has 0 radical (unpaired) electrons. The fourth-order valence-electron chi connectivity index (χ4n) is 3.16. The van der Waals surface area contributed by atoms with Gasteiger partial charge in [-0.25, -0.2) is 4.68 Å². The van der Waals surface area contributed by atoms with Gasteiger partial charge in [0.15, 0.2) is 5.96 Å². The molecule has 8 heteroatoms. The number of carbonyl (C=O) groups is 1. The summed E-state index contributed by atoms with van der Waals surface area (Å²) in [5, 5.41) is 7.81. The zero-order chi connectivity index (χ0) is 19.1. The molecular weight excluding hydrogens is 467 g/mol. The van der Waals surface area contributed by atoms with Crippen LogP contribution in [0.15, 0.2) is 47.7 Å². The molecule has 1 aromatic heterocycles. The molecule has 1 aliphatic heterocycles. The number of hydrogen-bond acceptors (Lipinski definition) is 3. The number of hydrogen-bond donors (Lipinski definition) is 1. The van der Waals surface area contributed by atoms with Gasteiger partial charge in [0, 0.05) is 52.4 Å². The normalized spacial score (nSPS) is 14.6. The molecule has 28 heavy (non-hydrogen) atoms. The van der Waals surface area contributed by atoms with E-state index in [0.29, 0.717) is 6.54 Å². The highest BCUT2D eigenvalue weighted by atomic mass is 127. The van der Waals surface area contributed by atoms with E-state index in [4.69, 9.17) is 4.99 Å². The molecule has 1 N–H and O–H groups in total. The van der Waals surface area contributed by atoms with Gasteiger partial charge in [-0.2, -0.15) is 5.10 Å². The van der Waals surface area contributed by atoms with Gasteiger partial charge in [0.2, 0.25) is 5.91 Å². The number of guanidine groups is 1. The highest BCUT2D eigenvalue weighted by Gasteiger charge is 2.20. The molecule has 2 heterocycles. The van der Waals surface area contributed by atoms with E-state index in [1.807, 2.05) is 46.1 Å². The monoisotopic (exact) mass is 496 g/mol. The Kier molecular flexibility index (Phi) is 8.75. The number of para-hydroxylation sites is 1. The number of amides is 1. The van der Waals surface area contributed by atoms with E-state index in [1.165, 1.54) is 5.56 Å². The van der Waals surface area contributed by atoms with Crippen LogP contribution in [0.1, 0.15) is 19.4 Å². The van der Waals surface area contributed by atoms with Gasteiger partial charge in [0.1, 0.15) is 0 Å². The first-order valence-corrected chi connectivity index (χ1v) is 9.55. The van der Waals surface area contributed by atoms with E-state index in [9.17, 15) is 4.79 Å². The van der Waals surface area contributed by atoms with Crippen molar-refractivity contribution in [2.75, 3.05) is 39.3 Å². The number of piperazine rings is 1. The molecule has 1 amide bonds. The van der Waals surface area contributed by atoms with Crippen molar-refractivity contribution in [2.45, 2.75) is 20.3 Å². The molecule has 2 aromatic rings. The van der Waals surface area contributed by atoms with Crippen molar-refractivity contribution in [3.8, 4) is 5.69 Å². The molecule has 7 nitrogen and oxygen atoms in total. The van der Waals surface area contributed by atoms with Crippen LogP contribution in [0, 0.1) is 0 Å². The van der Waals surface area contributed by atoms with Crippen LogP contribution < -0.4 is 5.32 Å². The Balaban J connectivity index is 0.00000280. The minimum Gasteiger partial charge on any atom is -0.357 e. The molecule has 0 saturated carbocycles. The van der Waals surface area contributed by atoms with Gasteiger partial charge in [-0.1, -0.05) is 18.2 Å². The van der Waals surface area contributed by atoms with E-state index in [2.05, 4.69) is 28.4 Å². The lowest BCUT2D eigenvalue weighted by molar-refractivity contribution is -0.130. The summed E-state index contributed by atoms with van der Waals surface area (Å²) in [4.78, 5) is 20.4. The first-order chi connectivity index (χ1) is 13.2. The Hall–Kier alpha value is -2.10. The summed E-state index contributed by atoms with van der Waals surface area (Å²) >= 11 is 0. The quantitative estimate of drug-likeness (QED) is 0.392. The predicted molar refractivity (Wildman–Crippen MR) is 122 cm³/mol. The number of carbonyl (C=O) groups excluding carboxylic acids is 1. The van der Waals surface area contributed by atoms with Crippen molar-refractivity contribution >= 4 is 35.8 Å². The number of benzene rings is 1. The molecule has 152 valence electrons. The number of aliphatic imine (C=N–C) groups is 1. The maximum absolute atomic E-state index is 11.5. The Labute approximate surface area is 183 Å². The molecule has 0 unspecified atom stereocenters. The van der Waals surface area contributed by atoms with Crippen molar-refractivity contribution in [1.29, 1.82) is 0 Å². The van der Waals surface area contributed by atoms with Crippen molar-refractivity contribution in [3.63, 3.8) is 0 Å². The maximum atomic E-state index is 11.5. The third kappa shape index (κ3) is 5.95.